The van der Waals surface area contributed by atoms with Gasteiger partial charge in [-0.15, -0.1) is 10.2 Å². The second-order valence-corrected chi connectivity index (χ2v) is 7.52. The molecule has 0 radical (unpaired) electrons. The Kier molecular flexibility index (Phi) is 5.40. The molecule has 0 N–H and O–H groups in total. The summed E-state index contributed by atoms with van der Waals surface area (Å²) in [5, 5.41) is 10.0. The Balaban J connectivity index is 1.62. The summed E-state index contributed by atoms with van der Waals surface area (Å²) in [5.74, 6) is 1.33. The number of rotatable bonds is 6. The summed E-state index contributed by atoms with van der Waals surface area (Å²) in [5.41, 5.74) is 2.08. The molecule has 0 fully saturated rings. The van der Waals surface area contributed by atoms with Crippen LogP contribution in [-0.4, -0.2) is 29.1 Å². The SMILES string of the molecule is CCCn1c(SCc2cc(=O)n3cc(Cl)ccc3n2)nnc1-c1ccncc1. The monoisotopic (exact) mass is 412 g/mol. The van der Waals surface area contributed by atoms with Crippen LogP contribution >= 0.6 is 23.4 Å². The summed E-state index contributed by atoms with van der Waals surface area (Å²) in [4.78, 5) is 20.9. The molecule has 0 amide bonds. The molecule has 0 aliphatic heterocycles. The Morgan fingerprint density at radius 2 is 1.96 bits per heavy atom. The van der Waals surface area contributed by atoms with Gasteiger partial charge in [-0.25, -0.2) is 4.98 Å². The number of hydrogen-bond acceptors (Lipinski definition) is 6. The van der Waals surface area contributed by atoms with Gasteiger partial charge in [0, 0.05) is 42.5 Å². The molecule has 28 heavy (non-hydrogen) atoms. The van der Waals surface area contributed by atoms with Crippen molar-refractivity contribution in [2.45, 2.75) is 30.8 Å². The van der Waals surface area contributed by atoms with Crippen LogP contribution in [0.15, 0.2) is 58.9 Å². The van der Waals surface area contributed by atoms with Crippen molar-refractivity contribution >= 4 is 29.0 Å². The molecule has 4 rings (SSSR count). The van der Waals surface area contributed by atoms with Crippen LogP contribution in [-0.2, 0) is 12.3 Å². The molecular formula is C19H17ClN6OS. The number of hydrogen-bond donors (Lipinski definition) is 0. The molecule has 0 unspecified atom stereocenters. The minimum Gasteiger partial charge on any atom is -0.302 e. The molecule has 7 nitrogen and oxygen atoms in total. The smallest absolute Gasteiger partial charge is 0.258 e. The summed E-state index contributed by atoms with van der Waals surface area (Å²) < 4.78 is 3.53. The zero-order chi connectivity index (χ0) is 19.5. The summed E-state index contributed by atoms with van der Waals surface area (Å²) in [7, 11) is 0. The van der Waals surface area contributed by atoms with E-state index >= 15 is 0 Å². The summed E-state index contributed by atoms with van der Waals surface area (Å²) in [6, 6.07) is 8.82. The highest BCUT2D eigenvalue weighted by molar-refractivity contribution is 7.98. The first-order valence-corrected chi connectivity index (χ1v) is 10.2. The molecule has 142 valence electrons. The molecule has 0 saturated heterocycles. The Morgan fingerprint density at radius 3 is 2.75 bits per heavy atom. The molecule has 0 spiro atoms. The van der Waals surface area contributed by atoms with Gasteiger partial charge in [0.05, 0.1) is 10.7 Å². The second-order valence-electron chi connectivity index (χ2n) is 6.14. The van der Waals surface area contributed by atoms with E-state index in [9.17, 15) is 4.79 Å². The van der Waals surface area contributed by atoms with E-state index < -0.39 is 0 Å². The van der Waals surface area contributed by atoms with Crippen LogP contribution in [0, 0.1) is 0 Å². The van der Waals surface area contributed by atoms with Gasteiger partial charge < -0.3 is 4.57 Å². The van der Waals surface area contributed by atoms with E-state index in [1.54, 1.807) is 30.7 Å². The molecule has 4 heterocycles. The van der Waals surface area contributed by atoms with Gasteiger partial charge in [-0.3, -0.25) is 14.2 Å². The minimum absolute atomic E-state index is 0.157. The van der Waals surface area contributed by atoms with Gasteiger partial charge in [0.25, 0.3) is 5.56 Å². The molecule has 0 aliphatic rings. The summed E-state index contributed by atoms with van der Waals surface area (Å²) >= 11 is 7.47. The summed E-state index contributed by atoms with van der Waals surface area (Å²) in [6.07, 6.45) is 6.01. The first kappa shape index (κ1) is 18.6. The maximum absolute atomic E-state index is 12.3. The third kappa shape index (κ3) is 3.79. The first-order chi connectivity index (χ1) is 13.7. The van der Waals surface area contributed by atoms with E-state index in [0.29, 0.717) is 22.1 Å². The topological polar surface area (TPSA) is 78.0 Å². The molecule has 0 aromatic carbocycles. The molecule has 0 atom stereocenters. The van der Waals surface area contributed by atoms with Crippen LogP contribution in [0.4, 0.5) is 0 Å². The molecule has 0 aliphatic carbocycles. The van der Waals surface area contributed by atoms with Crippen molar-refractivity contribution < 1.29 is 0 Å². The fraction of sp³-hybridized carbons (Fsp3) is 0.211. The highest BCUT2D eigenvalue weighted by Gasteiger charge is 2.14. The fourth-order valence-electron chi connectivity index (χ4n) is 2.87. The first-order valence-electron chi connectivity index (χ1n) is 8.80. The lowest BCUT2D eigenvalue weighted by molar-refractivity contribution is 0.626. The standard InChI is InChI=1S/C19H17ClN6OS/c1-2-9-25-18(13-5-7-21-8-6-13)23-24-19(25)28-12-15-10-17(27)26-11-14(20)3-4-16(26)22-15/h3-8,10-11H,2,9,12H2,1H3. The van der Waals surface area contributed by atoms with Crippen molar-refractivity contribution in [1.82, 2.24) is 29.1 Å². The number of halogens is 1. The maximum Gasteiger partial charge on any atom is 0.258 e. The van der Waals surface area contributed by atoms with Gasteiger partial charge in [-0.05, 0) is 30.7 Å². The average Bonchev–Trinajstić information content (AvgIpc) is 3.10. The van der Waals surface area contributed by atoms with Crippen molar-refractivity contribution in [3.63, 3.8) is 0 Å². The minimum atomic E-state index is -0.157. The van der Waals surface area contributed by atoms with Crippen LogP contribution in [0.5, 0.6) is 0 Å². The van der Waals surface area contributed by atoms with E-state index in [1.165, 1.54) is 22.2 Å². The number of pyridine rings is 2. The maximum atomic E-state index is 12.3. The van der Waals surface area contributed by atoms with E-state index in [1.807, 2.05) is 12.1 Å². The molecule has 0 saturated carbocycles. The Hall–Kier alpha value is -2.71. The Bertz CT molecular complexity index is 1170. The van der Waals surface area contributed by atoms with Crippen LogP contribution in [0.3, 0.4) is 0 Å². The molecule has 9 heteroatoms. The van der Waals surface area contributed by atoms with Crippen molar-refractivity contribution in [1.29, 1.82) is 0 Å². The predicted molar refractivity (Wildman–Crippen MR) is 110 cm³/mol. The summed E-state index contributed by atoms with van der Waals surface area (Å²) in [6.45, 7) is 2.92. The van der Waals surface area contributed by atoms with Gasteiger partial charge in [-0.2, -0.15) is 0 Å². The van der Waals surface area contributed by atoms with Crippen molar-refractivity contribution in [3.8, 4) is 11.4 Å². The Morgan fingerprint density at radius 1 is 1.14 bits per heavy atom. The fourth-order valence-corrected chi connectivity index (χ4v) is 3.89. The van der Waals surface area contributed by atoms with Gasteiger partial charge in [-0.1, -0.05) is 30.3 Å². The normalized spacial score (nSPS) is 11.2. The lowest BCUT2D eigenvalue weighted by Crippen LogP contribution is -2.15. The van der Waals surface area contributed by atoms with Crippen LogP contribution in [0.1, 0.15) is 19.0 Å². The predicted octanol–water partition coefficient (Wildman–Crippen LogP) is 3.70. The number of aromatic nitrogens is 6. The van der Waals surface area contributed by atoms with Gasteiger partial charge in [0.2, 0.25) is 0 Å². The van der Waals surface area contributed by atoms with Crippen molar-refractivity contribution in [2.24, 2.45) is 0 Å². The lowest BCUT2D eigenvalue weighted by atomic mass is 10.2. The third-order valence-corrected chi connectivity index (χ3v) is 5.35. The zero-order valence-electron chi connectivity index (χ0n) is 15.1. The van der Waals surface area contributed by atoms with Crippen molar-refractivity contribution in [2.75, 3.05) is 0 Å². The third-order valence-electron chi connectivity index (χ3n) is 4.13. The molecule has 4 aromatic heterocycles. The van der Waals surface area contributed by atoms with Gasteiger partial charge >= 0.3 is 0 Å². The van der Waals surface area contributed by atoms with E-state index in [0.717, 1.165) is 29.5 Å². The average molecular weight is 413 g/mol. The number of thioether (sulfide) groups is 1. The molecule has 4 aromatic rings. The van der Waals surface area contributed by atoms with E-state index in [2.05, 4.69) is 31.7 Å². The molecule has 0 bridgehead atoms. The van der Waals surface area contributed by atoms with Crippen molar-refractivity contribution in [3.05, 3.63) is 70.0 Å². The van der Waals surface area contributed by atoms with E-state index in [-0.39, 0.29) is 5.56 Å². The number of fused-ring (bicyclic) bond motifs is 1. The Labute approximate surface area is 170 Å². The highest BCUT2D eigenvalue weighted by Crippen LogP contribution is 2.26. The van der Waals surface area contributed by atoms with E-state index in [4.69, 9.17) is 11.6 Å². The second kappa shape index (κ2) is 8.12. The van der Waals surface area contributed by atoms with Gasteiger partial charge in [0.1, 0.15) is 5.65 Å². The van der Waals surface area contributed by atoms with Crippen LogP contribution in [0.2, 0.25) is 5.02 Å². The lowest BCUT2D eigenvalue weighted by Gasteiger charge is -2.09. The zero-order valence-corrected chi connectivity index (χ0v) is 16.7. The highest BCUT2D eigenvalue weighted by atomic mass is 35.5. The largest absolute Gasteiger partial charge is 0.302 e. The van der Waals surface area contributed by atoms with Crippen LogP contribution < -0.4 is 5.56 Å². The van der Waals surface area contributed by atoms with Crippen LogP contribution in [0.25, 0.3) is 17.0 Å². The van der Waals surface area contributed by atoms with Gasteiger partial charge in [0.15, 0.2) is 11.0 Å². The molecular weight excluding hydrogens is 396 g/mol. The number of nitrogens with zero attached hydrogens (tertiary/aromatic N) is 6. The quantitative estimate of drug-likeness (QED) is 0.449.